The molecular weight excluding hydrogens is 236 g/mol. The molecule has 0 fully saturated rings. The molecule has 3 nitrogen and oxygen atoms in total. The van der Waals surface area contributed by atoms with Gasteiger partial charge < -0.3 is 4.74 Å². The van der Waals surface area contributed by atoms with Crippen molar-refractivity contribution in [3.05, 3.63) is 66.0 Å². The van der Waals surface area contributed by atoms with Crippen LogP contribution in [0.3, 0.4) is 0 Å². The zero-order valence-electron chi connectivity index (χ0n) is 10.3. The van der Waals surface area contributed by atoms with Gasteiger partial charge in [0.2, 0.25) is 0 Å². The van der Waals surface area contributed by atoms with Gasteiger partial charge in [-0.05, 0) is 23.3 Å². The van der Waals surface area contributed by atoms with E-state index in [2.05, 4.69) is 22.3 Å². The van der Waals surface area contributed by atoms with Gasteiger partial charge in [-0.1, -0.05) is 30.3 Å². The summed E-state index contributed by atoms with van der Waals surface area (Å²) in [6, 6.07) is 14.3. The van der Waals surface area contributed by atoms with Crippen molar-refractivity contribution in [1.82, 2.24) is 10.2 Å². The van der Waals surface area contributed by atoms with Gasteiger partial charge in [0.15, 0.2) is 0 Å². The third-order valence-corrected chi connectivity index (χ3v) is 3.50. The number of nitrogens with zero attached hydrogens (tertiary/aromatic N) is 1. The summed E-state index contributed by atoms with van der Waals surface area (Å²) >= 11 is 0. The van der Waals surface area contributed by atoms with Gasteiger partial charge >= 0.3 is 0 Å². The molecule has 3 aromatic rings. The van der Waals surface area contributed by atoms with Gasteiger partial charge in [-0.25, -0.2) is 0 Å². The molecule has 92 valence electrons. The van der Waals surface area contributed by atoms with Crippen LogP contribution in [0.15, 0.2) is 54.9 Å². The second-order valence-corrected chi connectivity index (χ2v) is 4.66. The number of hydrogen-bond donors (Lipinski definition) is 1. The summed E-state index contributed by atoms with van der Waals surface area (Å²) in [4.78, 5) is 0. The summed E-state index contributed by atoms with van der Waals surface area (Å²) in [5.41, 5.74) is 4.73. The fraction of sp³-hybridized carbons (Fsp3) is 0.0625. The summed E-state index contributed by atoms with van der Waals surface area (Å²) in [6.45, 7) is 0. The van der Waals surface area contributed by atoms with E-state index in [1.165, 1.54) is 16.7 Å². The fourth-order valence-corrected chi connectivity index (χ4v) is 2.57. The van der Waals surface area contributed by atoms with Crippen LogP contribution in [0.5, 0.6) is 11.5 Å². The summed E-state index contributed by atoms with van der Waals surface area (Å²) in [6.07, 6.45) is 4.65. The Morgan fingerprint density at radius 2 is 1.89 bits per heavy atom. The van der Waals surface area contributed by atoms with Crippen LogP contribution in [0.2, 0.25) is 0 Å². The quantitative estimate of drug-likeness (QED) is 0.556. The molecule has 4 rings (SSSR count). The summed E-state index contributed by atoms with van der Waals surface area (Å²) in [7, 11) is 0. The number of rotatable bonds is 1. The first kappa shape index (κ1) is 10.4. The van der Waals surface area contributed by atoms with Crippen LogP contribution in [-0.2, 0) is 6.42 Å². The maximum atomic E-state index is 5.99. The summed E-state index contributed by atoms with van der Waals surface area (Å²) in [5.74, 6) is 1.90. The first-order valence-electron chi connectivity index (χ1n) is 6.28. The standard InChI is InChI=1S/C16H12N2O/c1-2-6-15-11(4-1)8-14-13(12-9-17-18-10-12)5-3-7-16(14)19-15/h1-7,9-10H,8H2,(H,17,18). The molecule has 0 bridgehead atoms. The molecule has 0 unspecified atom stereocenters. The molecule has 0 saturated carbocycles. The Bertz CT molecular complexity index is 732. The maximum Gasteiger partial charge on any atom is 0.131 e. The highest BCUT2D eigenvalue weighted by molar-refractivity contribution is 5.71. The Hall–Kier alpha value is -2.55. The summed E-state index contributed by atoms with van der Waals surface area (Å²) < 4.78 is 5.99. The minimum absolute atomic E-state index is 0.896. The number of nitrogens with one attached hydrogen (secondary N) is 1. The monoisotopic (exact) mass is 248 g/mol. The molecule has 0 amide bonds. The average molecular weight is 248 g/mol. The van der Waals surface area contributed by atoms with Gasteiger partial charge in [0, 0.05) is 23.7 Å². The van der Waals surface area contributed by atoms with E-state index in [9.17, 15) is 0 Å². The Balaban J connectivity index is 1.88. The first-order valence-corrected chi connectivity index (χ1v) is 6.28. The predicted octanol–water partition coefficient (Wildman–Crippen LogP) is 3.77. The van der Waals surface area contributed by atoms with Crippen LogP contribution in [0.25, 0.3) is 11.1 Å². The van der Waals surface area contributed by atoms with Gasteiger partial charge in [-0.15, -0.1) is 0 Å². The van der Waals surface area contributed by atoms with E-state index in [1.54, 1.807) is 0 Å². The van der Waals surface area contributed by atoms with Crippen LogP contribution in [0.4, 0.5) is 0 Å². The van der Waals surface area contributed by atoms with E-state index in [-0.39, 0.29) is 0 Å². The molecule has 2 heterocycles. The number of H-pyrrole nitrogens is 1. The second-order valence-electron chi connectivity index (χ2n) is 4.66. The molecule has 19 heavy (non-hydrogen) atoms. The lowest BCUT2D eigenvalue weighted by atomic mass is 9.93. The molecule has 1 aliphatic rings. The third-order valence-electron chi connectivity index (χ3n) is 3.50. The van der Waals surface area contributed by atoms with Crippen LogP contribution >= 0.6 is 0 Å². The molecule has 0 radical (unpaired) electrons. The number of para-hydroxylation sites is 1. The lowest BCUT2D eigenvalue weighted by molar-refractivity contribution is 0.460. The largest absolute Gasteiger partial charge is 0.457 e. The van der Waals surface area contributed by atoms with E-state index in [0.29, 0.717) is 0 Å². The molecule has 0 saturated heterocycles. The number of aromatic amines is 1. The van der Waals surface area contributed by atoms with E-state index < -0.39 is 0 Å². The van der Waals surface area contributed by atoms with Crippen molar-refractivity contribution in [3.8, 4) is 22.6 Å². The van der Waals surface area contributed by atoms with Crippen molar-refractivity contribution in [2.45, 2.75) is 6.42 Å². The zero-order valence-corrected chi connectivity index (χ0v) is 10.3. The smallest absolute Gasteiger partial charge is 0.131 e. The number of ether oxygens (including phenoxy) is 1. The van der Waals surface area contributed by atoms with Gasteiger partial charge in [-0.2, -0.15) is 5.10 Å². The SMILES string of the molecule is c1ccc2c(c1)Cc1c(cccc1-c1cn[nH]c1)O2. The van der Waals surface area contributed by atoms with Gasteiger partial charge in [-0.3, -0.25) is 5.10 Å². The van der Waals surface area contributed by atoms with Crippen molar-refractivity contribution in [3.63, 3.8) is 0 Å². The molecule has 0 aliphatic carbocycles. The van der Waals surface area contributed by atoms with Gasteiger partial charge in [0.25, 0.3) is 0 Å². The van der Waals surface area contributed by atoms with Crippen molar-refractivity contribution >= 4 is 0 Å². The van der Waals surface area contributed by atoms with Crippen molar-refractivity contribution in [2.24, 2.45) is 0 Å². The predicted molar refractivity (Wildman–Crippen MR) is 73.3 cm³/mol. The van der Waals surface area contributed by atoms with Crippen molar-refractivity contribution in [2.75, 3.05) is 0 Å². The minimum Gasteiger partial charge on any atom is -0.457 e. The van der Waals surface area contributed by atoms with Crippen molar-refractivity contribution < 1.29 is 4.74 Å². The highest BCUT2D eigenvalue weighted by Gasteiger charge is 2.19. The minimum atomic E-state index is 0.896. The number of aromatic nitrogens is 2. The third kappa shape index (κ3) is 1.63. The molecular formula is C16H12N2O. The molecule has 3 heteroatoms. The number of fused-ring (bicyclic) bond motifs is 2. The Labute approximate surface area is 110 Å². The van der Waals surface area contributed by atoms with Crippen LogP contribution in [0, 0.1) is 0 Å². The lowest BCUT2D eigenvalue weighted by Crippen LogP contribution is -2.04. The van der Waals surface area contributed by atoms with Crippen molar-refractivity contribution in [1.29, 1.82) is 0 Å². The van der Waals surface area contributed by atoms with Crippen LogP contribution in [-0.4, -0.2) is 10.2 Å². The van der Waals surface area contributed by atoms with E-state index >= 15 is 0 Å². The van der Waals surface area contributed by atoms with Gasteiger partial charge in [0.05, 0.1) is 6.20 Å². The Kier molecular flexibility index (Phi) is 2.18. The molecule has 0 atom stereocenters. The molecule has 1 aliphatic heterocycles. The van der Waals surface area contributed by atoms with Crippen LogP contribution in [0.1, 0.15) is 11.1 Å². The highest BCUT2D eigenvalue weighted by atomic mass is 16.5. The lowest BCUT2D eigenvalue weighted by Gasteiger charge is -2.22. The number of hydrogen-bond acceptors (Lipinski definition) is 2. The van der Waals surface area contributed by atoms with Gasteiger partial charge in [0.1, 0.15) is 11.5 Å². The molecule has 1 aromatic heterocycles. The fourth-order valence-electron chi connectivity index (χ4n) is 2.57. The first-order chi connectivity index (χ1) is 9.42. The normalized spacial score (nSPS) is 12.4. The van der Waals surface area contributed by atoms with Crippen LogP contribution < -0.4 is 4.74 Å². The number of benzene rings is 2. The second kappa shape index (κ2) is 3.99. The maximum absolute atomic E-state index is 5.99. The summed E-state index contributed by atoms with van der Waals surface area (Å²) in [5, 5.41) is 6.89. The van der Waals surface area contributed by atoms with E-state index in [4.69, 9.17) is 4.74 Å². The average Bonchev–Trinajstić information content (AvgIpc) is 2.98. The van der Waals surface area contributed by atoms with E-state index in [1.807, 2.05) is 42.7 Å². The topological polar surface area (TPSA) is 37.9 Å². The highest BCUT2D eigenvalue weighted by Crippen LogP contribution is 2.40. The Morgan fingerprint density at radius 1 is 1.00 bits per heavy atom. The van der Waals surface area contributed by atoms with E-state index in [0.717, 1.165) is 23.5 Å². The Morgan fingerprint density at radius 3 is 2.79 bits per heavy atom. The zero-order chi connectivity index (χ0) is 12.7. The molecule has 0 spiro atoms. The molecule has 2 aromatic carbocycles. The molecule has 1 N–H and O–H groups in total.